The van der Waals surface area contributed by atoms with Gasteiger partial charge in [-0.2, -0.15) is 5.26 Å². The summed E-state index contributed by atoms with van der Waals surface area (Å²) in [5.74, 6) is -0.282. The second kappa shape index (κ2) is 6.20. The average molecular weight is 371 g/mol. The zero-order valence-electron chi connectivity index (χ0n) is 16.6. The predicted octanol–water partition coefficient (Wildman–Crippen LogP) is 2.30. The van der Waals surface area contributed by atoms with E-state index in [0.717, 1.165) is 44.7 Å². The van der Waals surface area contributed by atoms with Gasteiger partial charge < -0.3 is 14.2 Å². The van der Waals surface area contributed by atoms with Gasteiger partial charge >= 0.3 is 7.12 Å². The van der Waals surface area contributed by atoms with Gasteiger partial charge in [-0.25, -0.2) is 4.39 Å². The summed E-state index contributed by atoms with van der Waals surface area (Å²) < 4.78 is 26.5. The molecule has 0 bridgehead atoms. The molecule has 0 spiro atoms. The number of nitrogens with zero attached hydrogens (tertiary/aromatic N) is 3. The van der Waals surface area contributed by atoms with Crippen LogP contribution in [0.5, 0.6) is 0 Å². The van der Waals surface area contributed by atoms with Crippen molar-refractivity contribution in [1.82, 2.24) is 4.90 Å². The van der Waals surface area contributed by atoms with E-state index < -0.39 is 18.3 Å². The highest BCUT2D eigenvalue weighted by Crippen LogP contribution is 2.41. The molecule has 27 heavy (non-hydrogen) atoms. The molecule has 2 saturated heterocycles. The molecule has 7 heteroatoms. The highest BCUT2D eigenvalue weighted by molar-refractivity contribution is 6.62. The van der Waals surface area contributed by atoms with Crippen molar-refractivity contribution in [2.24, 2.45) is 0 Å². The van der Waals surface area contributed by atoms with Gasteiger partial charge in [0.05, 0.1) is 17.3 Å². The summed E-state index contributed by atoms with van der Waals surface area (Å²) in [6.45, 7) is 11.2. The number of anilines is 1. The van der Waals surface area contributed by atoms with E-state index in [1.807, 2.05) is 33.8 Å². The Labute approximate surface area is 161 Å². The fraction of sp³-hybridized carbons (Fsp3) is 0.650. The van der Waals surface area contributed by atoms with Crippen LogP contribution < -0.4 is 10.4 Å². The number of hydrogen-bond donors (Lipinski definition) is 0. The minimum Gasteiger partial charge on any atom is -0.399 e. The van der Waals surface area contributed by atoms with Crippen LogP contribution in [0.4, 0.5) is 10.1 Å². The second-order valence-corrected chi connectivity index (χ2v) is 8.95. The molecule has 0 amide bonds. The minimum atomic E-state index is -0.570. The van der Waals surface area contributed by atoms with Gasteiger partial charge in [-0.3, -0.25) is 4.90 Å². The third-order valence-electron chi connectivity index (χ3n) is 6.61. The molecule has 0 atom stereocenters. The van der Waals surface area contributed by atoms with Crippen LogP contribution in [-0.4, -0.2) is 54.9 Å². The first-order chi connectivity index (χ1) is 12.7. The van der Waals surface area contributed by atoms with E-state index in [1.165, 1.54) is 6.07 Å². The highest BCUT2D eigenvalue weighted by atomic mass is 19.1. The topological polar surface area (TPSA) is 48.7 Å². The summed E-state index contributed by atoms with van der Waals surface area (Å²) in [5, 5.41) is 9.39. The molecule has 0 unspecified atom stereocenters. The lowest BCUT2D eigenvalue weighted by molar-refractivity contribution is 0.00578. The normalized spacial score (nSPS) is 26.1. The van der Waals surface area contributed by atoms with Gasteiger partial charge in [0.2, 0.25) is 0 Å². The summed E-state index contributed by atoms with van der Waals surface area (Å²) in [6, 6.07) is 7.50. The summed E-state index contributed by atoms with van der Waals surface area (Å²) in [7, 11) is -0.570. The van der Waals surface area contributed by atoms with E-state index in [0.29, 0.717) is 5.46 Å². The van der Waals surface area contributed by atoms with E-state index >= 15 is 0 Å². The van der Waals surface area contributed by atoms with Crippen LogP contribution in [0.3, 0.4) is 0 Å². The third kappa shape index (κ3) is 3.24. The SMILES string of the molecule is CC1(C)OB(c2cc(F)cc(N3CCN(C4(C#N)CC4)CC3)c2)OC1(C)C. The number of rotatable bonds is 3. The van der Waals surface area contributed by atoms with Gasteiger partial charge in [0, 0.05) is 31.9 Å². The van der Waals surface area contributed by atoms with Gasteiger partial charge in [0.1, 0.15) is 11.4 Å². The Morgan fingerprint density at radius 2 is 1.59 bits per heavy atom. The smallest absolute Gasteiger partial charge is 0.399 e. The summed E-state index contributed by atoms with van der Waals surface area (Å²) in [6.07, 6.45) is 1.94. The Morgan fingerprint density at radius 3 is 2.11 bits per heavy atom. The van der Waals surface area contributed by atoms with Crippen molar-refractivity contribution in [3.05, 3.63) is 24.0 Å². The zero-order valence-corrected chi connectivity index (χ0v) is 16.6. The first kappa shape index (κ1) is 18.7. The van der Waals surface area contributed by atoms with Crippen LogP contribution >= 0.6 is 0 Å². The monoisotopic (exact) mass is 371 g/mol. The Morgan fingerprint density at radius 1 is 1.00 bits per heavy atom. The van der Waals surface area contributed by atoms with E-state index in [2.05, 4.69) is 15.9 Å². The highest BCUT2D eigenvalue weighted by Gasteiger charge is 2.52. The fourth-order valence-electron chi connectivity index (χ4n) is 3.90. The lowest BCUT2D eigenvalue weighted by Gasteiger charge is -2.38. The van der Waals surface area contributed by atoms with E-state index in [4.69, 9.17) is 9.31 Å². The van der Waals surface area contributed by atoms with Gasteiger partial charge in [0.15, 0.2) is 0 Å². The molecular formula is C20H27BFN3O2. The van der Waals surface area contributed by atoms with E-state index in [1.54, 1.807) is 6.07 Å². The lowest BCUT2D eigenvalue weighted by atomic mass is 9.78. The van der Waals surface area contributed by atoms with E-state index in [-0.39, 0.29) is 11.4 Å². The van der Waals surface area contributed by atoms with Crippen molar-refractivity contribution in [3.8, 4) is 6.07 Å². The van der Waals surface area contributed by atoms with Crippen molar-refractivity contribution in [2.45, 2.75) is 57.3 Å². The molecule has 4 rings (SSSR count). The van der Waals surface area contributed by atoms with Crippen LogP contribution in [0.1, 0.15) is 40.5 Å². The van der Waals surface area contributed by atoms with Gasteiger partial charge in [0.25, 0.3) is 0 Å². The average Bonchev–Trinajstić information content (AvgIpc) is 3.37. The molecule has 1 aliphatic carbocycles. The summed E-state index contributed by atoms with van der Waals surface area (Å²) >= 11 is 0. The molecule has 1 aromatic carbocycles. The maximum Gasteiger partial charge on any atom is 0.495 e. The Hall–Kier alpha value is -1.62. The standard InChI is InChI=1S/C20H27BFN3O2/c1-18(2)19(3,4)27-21(26-18)15-11-16(22)13-17(12-15)24-7-9-25(10-8-24)20(14-23)5-6-20/h11-13H,5-10H2,1-4H3. The molecule has 0 N–H and O–H groups in total. The van der Waals surface area contributed by atoms with E-state index in [9.17, 15) is 9.65 Å². The fourth-order valence-corrected chi connectivity index (χ4v) is 3.90. The molecule has 2 aliphatic heterocycles. The third-order valence-corrected chi connectivity index (χ3v) is 6.61. The van der Waals surface area contributed by atoms with Crippen LogP contribution in [-0.2, 0) is 9.31 Å². The van der Waals surface area contributed by atoms with Gasteiger partial charge in [-0.05, 0) is 64.2 Å². The predicted molar refractivity (Wildman–Crippen MR) is 103 cm³/mol. The number of hydrogen-bond acceptors (Lipinski definition) is 5. The summed E-state index contributed by atoms with van der Waals surface area (Å²) in [5.41, 5.74) is 0.419. The quantitative estimate of drug-likeness (QED) is 0.764. The van der Waals surface area contributed by atoms with Crippen LogP contribution in [0, 0.1) is 17.1 Å². The number of piperazine rings is 1. The zero-order chi connectivity index (χ0) is 19.4. The van der Waals surface area contributed by atoms with Crippen molar-refractivity contribution in [3.63, 3.8) is 0 Å². The summed E-state index contributed by atoms with van der Waals surface area (Å²) in [4.78, 5) is 4.46. The maximum atomic E-state index is 14.4. The van der Waals surface area contributed by atoms with Crippen LogP contribution in [0.2, 0.25) is 0 Å². The minimum absolute atomic E-state index is 0.234. The lowest BCUT2D eigenvalue weighted by Crippen LogP contribution is -2.51. The van der Waals surface area contributed by atoms with Crippen molar-refractivity contribution in [2.75, 3.05) is 31.1 Å². The maximum absolute atomic E-state index is 14.4. The molecule has 1 saturated carbocycles. The molecule has 3 aliphatic rings. The molecular weight excluding hydrogens is 344 g/mol. The molecule has 1 aromatic rings. The Balaban J connectivity index is 1.50. The largest absolute Gasteiger partial charge is 0.495 e. The van der Waals surface area contributed by atoms with Crippen LogP contribution in [0.15, 0.2) is 18.2 Å². The Kier molecular flexibility index (Phi) is 4.30. The number of nitriles is 1. The molecule has 0 radical (unpaired) electrons. The van der Waals surface area contributed by atoms with Crippen molar-refractivity contribution >= 4 is 18.3 Å². The van der Waals surface area contributed by atoms with Gasteiger partial charge in [-0.15, -0.1) is 0 Å². The molecule has 5 nitrogen and oxygen atoms in total. The molecule has 144 valence electrons. The van der Waals surface area contributed by atoms with Crippen molar-refractivity contribution < 1.29 is 13.7 Å². The number of benzene rings is 1. The van der Waals surface area contributed by atoms with Crippen molar-refractivity contribution in [1.29, 1.82) is 5.26 Å². The second-order valence-electron chi connectivity index (χ2n) is 8.95. The molecule has 2 heterocycles. The first-order valence-corrected chi connectivity index (χ1v) is 9.73. The number of halogens is 1. The van der Waals surface area contributed by atoms with Gasteiger partial charge in [-0.1, -0.05) is 0 Å². The molecule has 0 aromatic heterocycles. The Bertz CT molecular complexity index is 764. The first-order valence-electron chi connectivity index (χ1n) is 9.73. The van der Waals surface area contributed by atoms with Crippen LogP contribution in [0.25, 0.3) is 0 Å². The molecule has 3 fully saturated rings.